The Morgan fingerprint density at radius 1 is 1.33 bits per heavy atom. The zero-order valence-corrected chi connectivity index (χ0v) is 14.1. The molecule has 0 bridgehead atoms. The normalized spacial score (nSPS) is 19.0. The number of carbonyl (C=O) groups is 2. The summed E-state index contributed by atoms with van der Waals surface area (Å²) in [5.74, 6) is -2.87. The number of nitrogens with zero attached hydrogens (tertiary/aromatic N) is 1. The van der Waals surface area contributed by atoms with Crippen molar-refractivity contribution in [2.45, 2.75) is 45.6 Å². The molecule has 0 saturated carbocycles. The molecule has 0 spiro atoms. The first-order chi connectivity index (χ1) is 11.4. The van der Waals surface area contributed by atoms with Crippen LogP contribution in [0.15, 0.2) is 18.2 Å². The van der Waals surface area contributed by atoms with Gasteiger partial charge in [0.15, 0.2) is 0 Å². The Labute approximate surface area is 141 Å². The van der Waals surface area contributed by atoms with Crippen LogP contribution in [0.2, 0.25) is 0 Å². The molecule has 6 heteroatoms. The molecule has 1 N–H and O–H groups in total. The maximum Gasteiger partial charge on any atom is 0.259 e. The number of likely N-dealkylation sites (tertiary alicyclic amines) is 1. The van der Waals surface area contributed by atoms with Crippen LogP contribution in [-0.4, -0.2) is 35.8 Å². The molecular weight excluding hydrogens is 314 g/mol. The molecule has 4 nitrogen and oxygen atoms in total. The summed E-state index contributed by atoms with van der Waals surface area (Å²) in [6.07, 6.45) is 3.18. The maximum atomic E-state index is 13.8. The molecule has 1 aromatic rings. The zero-order valence-electron chi connectivity index (χ0n) is 14.1. The minimum atomic E-state index is -0.872. The number of hydrogen-bond acceptors (Lipinski definition) is 2. The van der Waals surface area contributed by atoms with Crippen molar-refractivity contribution in [2.75, 3.05) is 13.1 Å². The molecule has 0 radical (unpaired) electrons. The fraction of sp³-hybridized carbons (Fsp3) is 0.556. The van der Waals surface area contributed by atoms with Gasteiger partial charge in [-0.15, -0.1) is 0 Å². The number of nitrogens with one attached hydrogen (secondary N) is 1. The predicted molar refractivity (Wildman–Crippen MR) is 87.5 cm³/mol. The highest BCUT2D eigenvalue weighted by molar-refractivity contribution is 5.95. The number of amides is 2. The van der Waals surface area contributed by atoms with E-state index in [9.17, 15) is 18.4 Å². The fourth-order valence-corrected chi connectivity index (χ4v) is 3.10. The summed E-state index contributed by atoms with van der Waals surface area (Å²) in [5.41, 5.74) is -0.544. The van der Waals surface area contributed by atoms with Gasteiger partial charge in [0, 0.05) is 19.1 Å². The third kappa shape index (κ3) is 4.30. The van der Waals surface area contributed by atoms with Gasteiger partial charge in [-0.05, 0) is 38.3 Å². The van der Waals surface area contributed by atoms with Gasteiger partial charge >= 0.3 is 0 Å². The van der Waals surface area contributed by atoms with Crippen molar-refractivity contribution in [1.82, 2.24) is 10.2 Å². The summed E-state index contributed by atoms with van der Waals surface area (Å²) in [6, 6.07) is 3.44. The first-order valence-electron chi connectivity index (χ1n) is 8.47. The van der Waals surface area contributed by atoms with E-state index in [4.69, 9.17) is 0 Å². The standard InChI is InChI=1S/C18H24F2N2O2/c1-3-6-12(2)21-17(23)13-7-5-10-22(11-13)18(24)16-14(19)8-4-9-15(16)20/h4,8-9,12-13H,3,5-7,10-11H2,1-2H3,(H,21,23)/t12-,13+/m0/s1. The van der Waals surface area contributed by atoms with Crippen LogP contribution in [-0.2, 0) is 4.79 Å². The Balaban J connectivity index is 2.05. The second-order valence-electron chi connectivity index (χ2n) is 6.39. The van der Waals surface area contributed by atoms with Crippen molar-refractivity contribution in [1.29, 1.82) is 0 Å². The lowest BCUT2D eigenvalue weighted by atomic mass is 9.96. The molecule has 1 aliphatic heterocycles. The lowest BCUT2D eigenvalue weighted by molar-refractivity contribution is -0.127. The molecule has 2 amide bonds. The van der Waals surface area contributed by atoms with Crippen LogP contribution in [0.3, 0.4) is 0 Å². The second-order valence-corrected chi connectivity index (χ2v) is 6.39. The quantitative estimate of drug-likeness (QED) is 0.897. The molecule has 1 aliphatic rings. The number of rotatable bonds is 5. The van der Waals surface area contributed by atoms with Gasteiger partial charge in [0.2, 0.25) is 5.91 Å². The third-order valence-electron chi connectivity index (χ3n) is 4.37. The first-order valence-corrected chi connectivity index (χ1v) is 8.47. The number of carbonyl (C=O) groups excluding carboxylic acids is 2. The Bertz CT molecular complexity index is 586. The average molecular weight is 338 g/mol. The highest BCUT2D eigenvalue weighted by Gasteiger charge is 2.31. The predicted octanol–water partition coefficient (Wildman–Crippen LogP) is 3.12. The fourth-order valence-electron chi connectivity index (χ4n) is 3.10. The first kappa shape index (κ1) is 18.4. The summed E-state index contributed by atoms with van der Waals surface area (Å²) >= 11 is 0. The van der Waals surface area contributed by atoms with Gasteiger partial charge in [0.1, 0.15) is 17.2 Å². The summed E-state index contributed by atoms with van der Waals surface area (Å²) in [5, 5.41) is 2.95. The number of piperidine rings is 1. The SMILES string of the molecule is CCC[C@H](C)NC(=O)[C@@H]1CCCN(C(=O)c2c(F)cccc2F)C1. The van der Waals surface area contributed by atoms with Gasteiger partial charge in [-0.3, -0.25) is 9.59 Å². The average Bonchev–Trinajstić information content (AvgIpc) is 2.54. The molecule has 0 aliphatic carbocycles. The van der Waals surface area contributed by atoms with E-state index >= 15 is 0 Å². The van der Waals surface area contributed by atoms with Crippen molar-refractivity contribution in [3.05, 3.63) is 35.4 Å². The van der Waals surface area contributed by atoms with E-state index in [2.05, 4.69) is 5.32 Å². The summed E-state index contributed by atoms with van der Waals surface area (Å²) in [7, 11) is 0. The van der Waals surface area contributed by atoms with Crippen molar-refractivity contribution < 1.29 is 18.4 Å². The molecule has 2 rings (SSSR count). The van der Waals surface area contributed by atoms with Crippen LogP contribution < -0.4 is 5.32 Å². The lowest BCUT2D eigenvalue weighted by Gasteiger charge is -2.32. The molecule has 132 valence electrons. The van der Waals surface area contributed by atoms with Crippen molar-refractivity contribution >= 4 is 11.8 Å². The third-order valence-corrected chi connectivity index (χ3v) is 4.37. The molecule has 1 heterocycles. The van der Waals surface area contributed by atoms with Crippen LogP contribution in [0.4, 0.5) is 8.78 Å². The van der Waals surface area contributed by atoms with E-state index < -0.39 is 23.1 Å². The summed E-state index contributed by atoms with van der Waals surface area (Å²) < 4.78 is 27.6. The van der Waals surface area contributed by atoms with E-state index in [0.717, 1.165) is 25.0 Å². The second kappa shape index (κ2) is 8.22. The molecule has 0 unspecified atom stereocenters. The van der Waals surface area contributed by atoms with Crippen LogP contribution in [0.25, 0.3) is 0 Å². The Morgan fingerprint density at radius 3 is 2.62 bits per heavy atom. The van der Waals surface area contributed by atoms with Crippen LogP contribution in [0.5, 0.6) is 0 Å². The van der Waals surface area contributed by atoms with Gasteiger partial charge in [-0.25, -0.2) is 8.78 Å². The van der Waals surface area contributed by atoms with Crippen LogP contribution in [0.1, 0.15) is 49.9 Å². The highest BCUT2D eigenvalue weighted by atomic mass is 19.1. The van der Waals surface area contributed by atoms with Crippen LogP contribution >= 0.6 is 0 Å². The molecule has 1 aromatic carbocycles. The van der Waals surface area contributed by atoms with Gasteiger partial charge in [0.05, 0.1) is 5.92 Å². The molecule has 1 saturated heterocycles. The van der Waals surface area contributed by atoms with Gasteiger partial charge in [0.25, 0.3) is 5.91 Å². The smallest absolute Gasteiger partial charge is 0.259 e. The molecule has 24 heavy (non-hydrogen) atoms. The van der Waals surface area contributed by atoms with Gasteiger partial charge in [-0.1, -0.05) is 19.4 Å². The van der Waals surface area contributed by atoms with Gasteiger partial charge < -0.3 is 10.2 Å². The van der Waals surface area contributed by atoms with E-state index in [0.29, 0.717) is 19.4 Å². The molecule has 1 fully saturated rings. The minimum absolute atomic E-state index is 0.0811. The molecule has 2 atom stereocenters. The van der Waals surface area contributed by atoms with Crippen LogP contribution in [0, 0.1) is 17.6 Å². The largest absolute Gasteiger partial charge is 0.353 e. The Kier molecular flexibility index (Phi) is 6.29. The summed E-state index contributed by atoms with van der Waals surface area (Å²) in [6.45, 7) is 4.59. The summed E-state index contributed by atoms with van der Waals surface area (Å²) in [4.78, 5) is 26.1. The van der Waals surface area contributed by atoms with E-state index in [1.807, 2.05) is 13.8 Å². The maximum absolute atomic E-state index is 13.8. The van der Waals surface area contributed by atoms with Crippen molar-refractivity contribution in [3.8, 4) is 0 Å². The lowest BCUT2D eigenvalue weighted by Crippen LogP contribution is -2.47. The molecule has 0 aromatic heterocycles. The Hall–Kier alpha value is -1.98. The van der Waals surface area contributed by atoms with E-state index in [1.165, 1.54) is 11.0 Å². The number of hydrogen-bond donors (Lipinski definition) is 1. The van der Waals surface area contributed by atoms with E-state index in [1.54, 1.807) is 0 Å². The topological polar surface area (TPSA) is 49.4 Å². The van der Waals surface area contributed by atoms with Crippen molar-refractivity contribution in [3.63, 3.8) is 0 Å². The highest BCUT2D eigenvalue weighted by Crippen LogP contribution is 2.21. The molecular formula is C18H24F2N2O2. The monoisotopic (exact) mass is 338 g/mol. The Morgan fingerprint density at radius 2 is 2.00 bits per heavy atom. The zero-order chi connectivity index (χ0) is 17.7. The van der Waals surface area contributed by atoms with Crippen molar-refractivity contribution in [2.24, 2.45) is 5.92 Å². The van der Waals surface area contributed by atoms with E-state index in [-0.39, 0.29) is 24.4 Å². The van der Waals surface area contributed by atoms with Gasteiger partial charge in [-0.2, -0.15) is 0 Å². The number of benzene rings is 1. The minimum Gasteiger partial charge on any atom is -0.353 e. The number of halogens is 2.